The Balaban J connectivity index is 1.14. The van der Waals surface area contributed by atoms with Crippen molar-refractivity contribution in [1.29, 1.82) is 0 Å². The fourth-order valence-corrected chi connectivity index (χ4v) is 7.71. The van der Waals surface area contributed by atoms with Crippen LogP contribution in [0.1, 0.15) is 91.0 Å². The third kappa shape index (κ3) is 6.56. The first kappa shape index (κ1) is 30.4. The highest BCUT2D eigenvalue weighted by Crippen LogP contribution is 2.41. The number of ether oxygens (including phenoxy) is 2. The van der Waals surface area contributed by atoms with E-state index in [0.29, 0.717) is 13.1 Å². The van der Waals surface area contributed by atoms with Gasteiger partial charge in [0.2, 0.25) is 0 Å². The number of carbonyl (C=O) groups is 2. The molecule has 2 amide bonds. The first-order valence-electron chi connectivity index (χ1n) is 15.1. The Morgan fingerprint density at radius 3 is 1.48 bits per heavy atom. The number of aromatic nitrogens is 4. The van der Waals surface area contributed by atoms with Crippen LogP contribution in [0.3, 0.4) is 0 Å². The van der Waals surface area contributed by atoms with Gasteiger partial charge in [0.15, 0.2) is 0 Å². The molecule has 2 atom stereocenters. The highest BCUT2D eigenvalue weighted by atomic mass is 32.1. The molecule has 10 nitrogen and oxygen atoms in total. The molecule has 0 aliphatic carbocycles. The van der Waals surface area contributed by atoms with E-state index in [1.54, 1.807) is 32.5 Å². The predicted octanol–water partition coefficient (Wildman–Crippen LogP) is 8.40. The summed E-state index contributed by atoms with van der Waals surface area (Å²) in [5, 5.41) is 0. The molecule has 6 heterocycles. The molecule has 2 aliphatic rings. The summed E-state index contributed by atoms with van der Waals surface area (Å²) in [6.07, 6.45) is 6.67. The van der Waals surface area contributed by atoms with Crippen LogP contribution < -0.4 is 0 Å². The van der Waals surface area contributed by atoms with Gasteiger partial charge in [-0.05, 0) is 91.5 Å². The fraction of sp³-hybridized carbons (Fsp3) is 0.500. The van der Waals surface area contributed by atoms with E-state index in [9.17, 15) is 9.59 Å². The molecule has 0 aromatic carbocycles. The van der Waals surface area contributed by atoms with Crippen LogP contribution in [0.15, 0.2) is 36.7 Å². The Morgan fingerprint density at radius 2 is 1.09 bits per heavy atom. The third-order valence-corrected chi connectivity index (χ3v) is 10.0. The predicted molar refractivity (Wildman–Crippen MR) is 173 cm³/mol. The Bertz CT molecular complexity index is 1520. The zero-order valence-corrected chi connectivity index (χ0v) is 27.7. The van der Waals surface area contributed by atoms with E-state index in [-0.39, 0.29) is 24.3 Å². The van der Waals surface area contributed by atoms with Crippen molar-refractivity contribution >= 4 is 34.9 Å². The summed E-state index contributed by atoms with van der Waals surface area (Å²) in [6.45, 7) is 12.6. The molecule has 0 saturated carbocycles. The largest absolute Gasteiger partial charge is 0.444 e. The lowest BCUT2D eigenvalue weighted by molar-refractivity contribution is 0.0208. The van der Waals surface area contributed by atoms with Crippen LogP contribution in [0.5, 0.6) is 0 Å². The lowest BCUT2D eigenvalue weighted by Crippen LogP contribution is -2.36. The Labute approximate surface area is 265 Å². The maximum atomic E-state index is 12.8. The molecule has 0 unspecified atom stereocenters. The van der Waals surface area contributed by atoms with Gasteiger partial charge >= 0.3 is 12.2 Å². The van der Waals surface area contributed by atoms with Crippen molar-refractivity contribution in [3.63, 3.8) is 0 Å². The molecule has 44 heavy (non-hydrogen) atoms. The number of imidazole rings is 2. The van der Waals surface area contributed by atoms with Gasteiger partial charge in [-0.1, -0.05) is 0 Å². The molecule has 2 N–H and O–H groups in total. The number of amides is 2. The first-order valence-corrected chi connectivity index (χ1v) is 16.8. The zero-order valence-electron chi connectivity index (χ0n) is 26.1. The van der Waals surface area contributed by atoms with E-state index < -0.39 is 11.2 Å². The molecular weight excluding hydrogens is 597 g/mol. The smallest absolute Gasteiger partial charge is 0.410 e. The van der Waals surface area contributed by atoms with Gasteiger partial charge in [0.25, 0.3) is 0 Å². The van der Waals surface area contributed by atoms with Crippen LogP contribution in [-0.4, -0.2) is 66.2 Å². The quantitative estimate of drug-likeness (QED) is 0.227. The van der Waals surface area contributed by atoms with Gasteiger partial charge in [0.1, 0.15) is 22.9 Å². The molecular formula is C32H40N6O4S2. The highest BCUT2D eigenvalue weighted by Gasteiger charge is 2.36. The summed E-state index contributed by atoms with van der Waals surface area (Å²) in [5.41, 5.74) is 0.806. The second-order valence-electron chi connectivity index (χ2n) is 13.4. The van der Waals surface area contributed by atoms with E-state index in [1.807, 2.05) is 53.9 Å². The maximum absolute atomic E-state index is 12.8. The van der Waals surface area contributed by atoms with Gasteiger partial charge in [-0.25, -0.2) is 19.6 Å². The van der Waals surface area contributed by atoms with Crippen molar-refractivity contribution in [3.8, 4) is 30.9 Å². The number of H-pyrrole nitrogens is 2. The summed E-state index contributed by atoms with van der Waals surface area (Å²) in [4.78, 5) is 49.9. The van der Waals surface area contributed by atoms with Crippen LogP contribution in [0.25, 0.3) is 30.9 Å². The number of aromatic amines is 2. The average molecular weight is 637 g/mol. The van der Waals surface area contributed by atoms with E-state index in [4.69, 9.17) is 9.47 Å². The minimum Gasteiger partial charge on any atom is -0.444 e. The average Bonchev–Trinajstić information content (AvgIpc) is 3.77. The number of hydrogen-bond donors (Lipinski definition) is 2. The molecule has 234 valence electrons. The molecule has 2 saturated heterocycles. The van der Waals surface area contributed by atoms with Crippen LogP contribution in [0.2, 0.25) is 0 Å². The molecule has 0 radical (unpaired) electrons. The van der Waals surface area contributed by atoms with Gasteiger partial charge < -0.3 is 19.4 Å². The standard InChI is InChI=1S/C32H40N6O4S2/c1-31(2,3)41-29(39)37-15-7-9-21(37)27-33-17-19(35-27)23-11-13-25(43-23)26-14-12-24(44-26)20-18-34-28(36-20)22-10-8-16-38(22)30(40)42-32(4,5)6/h11-14,17-18,21-22H,7-10,15-16H2,1-6H3,(H,33,35)(H,34,36)/t21-,22-/m0/s1. The lowest BCUT2D eigenvalue weighted by Gasteiger charge is -2.27. The lowest BCUT2D eigenvalue weighted by atomic mass is 10.2. The van der Waals surface area contributed by atoms with Crippen LogP contribution in [0, 0.1) is 0 Å². The van der Waals surface area contributed by atoms with E-state index in [0.717, 1.165) is 68.2 Å². The molecule has 2 aliphatic heterocycles. The topological polar surface area (TPSA) is 116 Å². The number of rotatable bonds is 5. The van der Waals surface area contributed by atoms with Gasteiger partial charge in [0, 0.05) is 22.8 Å². The minimum absolute atomic E-state index is 0.113. The van der Waals surface area contributed by atoms with E-state index >= 15 is 0 Å². The van der Waals surface area contributed by atoms with Crippen molar-refractivity contribution in [2.75, 3.05) is 13.1 Å². The summed E-state index contributed by atoms with van der Waals surface area (Å²) < 4.78 is 11.3. The van der Waals surface area contributed by atoms with Crippen molar-refractivity contribution in [2.24, 2.45) is 0 Å². The second kappa shape index (κ2) is 11.7. The van der Waals surface area contributed by atoms with Crippen molar-refractivity contribution in [3.05, 3.63) is 48.3 Å². The summed E-state index contributed by atoms with van der Waals surface area (Å²) in [6, 6.07) is 8.26. The van der Waals surface area contributed by atoms with Crippen molar-refractivity contribution < 1.29 is 19.1 Å². The Kier molecular flexibility index (Phi) is 8.08. The second-order valence-corrected chi connectivity index (χ2v) is 15.5. The number of nitrogens with one attached hydrogen (secondary N) is 2. The number of nitrogens with zero attached hydrogens (tertiary/aromatic N) is 4. The highest BCUT2D eigenvalue weighted by molar-refractivity contribution is 7.25. The summed E-state index contributed by atoms with van der Waals surface area (Å²) in [5.74, 6) is 1.58. The van der Waals surface area contributed by atoms with Crippen LogP contribution >= 0.6 is 22.7 Å². The van der Waals surface area contributed by atoms with E-state index in [1.165, 1.54) is 0 Å². The van der Waals surface area contributed by atoms with E-state index in [2.05, 4.69) is 44.2 Å². The number of likely N-dealkylation sites (tertiary alicyclic amines) is 2. The van der Waals surface area contributed by atoms with Crippen molar-refractivity contribution in [2.45, 2.75) is 90.5 Å². The Hall–Kier alpha value is -3.64. The molecule has 2 fully saturated rings. The van der Waals surface area contributed by atoms with Crippen LogP contribution in [-0.2, 0) is 9.47 Å². The number of carbonyl (C=O) groups excluding carboxylic acids is 2. The third-order valence-electron chi connectivity index (χ3n) is 7.57. The Morgan fingerprint density at radius 1 is 0.705 bits per heavy atom. The molecule has 0 spiro atoms. The van der Waals surface area contributed by atoms with Gasteiger partial charge in [-0.3, -0.25) is 9.80 Å². The number of thiophene rings is 2. The summed E-state index contributed by atoms with van der Waals surface area (Å²) in [7, 11) is 0. The molecule has 4 aromatic rings. The summed E-state index contributed by atoms with van der Waals surface area (Å²) >= 11 is 3.40. The molecule has 6 rings (SSSR count). The van der Waals surface area contributed by atoms with Crippen molar-refractivity contribution in [1.82, 2.24) is 29.7 Å². The number of hydrogen-bond acceptors (Lipinski definition) is 8. The zero-order chi connectivity index (χ0) is 31.2. The molecule has 4 aromatic heterocycles. The molecule has 0 bridgehead atoms. The van der Waals surface area contributed by atoms with Gasteiger partial charge in [0.05, 0.1) is 45.6 Å². The van der Waals surface area contributed by atoms with Gasteiger partial charge in [-0.2, -0.15) is 0 Å². The van der Waals surface area contributed by atoms with Crippen LogP contribution in [0.4, 0.5) is 9.59 Å². The van der Waals surface area contributed by atoms with Gasteiger partial charge in [-0.15, -0.1) is 22.7 Å². The minimum atomic E-state index is -0.536. The SMILES string of the molecule is CC(C)(C)OC(=O)N1CCC[C@H]1c1ncc(-c2ccc(-c3ccc(-c4cnc([C@@H]5CCCN5C(=O)OC(C)(C)C)[nH]4)s3)s2)[nH]1. The first-order chi connectivity index (χ1) is 20.8. The normalized spacial score (nSPS) is 19.1. The molecule has 12 heteroatoms. The maximum Gasteiger partial charge on any atom is 0.410 e. The monoisotopic (exact) mass is 636 g/mol. The fourth-order valence-electron chi connectivity index (χ4n) is 5.67.